The molecule has 4 heteroatoms. The van der Waals surface area contributed by atoms with Gasteiger partial charge in [-0.1, -0.05) is 6.07 Å². The zero-order chi connectivity index (χ0) is 11.4. The van der Waals surface area contributed by atoms with Crippen molar-refractivity contribution >= 4 is 5.91 Å². The van der Waals surface area contributed by atoms with Crippen molar-refractivity contribution in [3.8, 4) is 0 Å². The van der Waals surface area contributed by atoms with Crippen LogP contribution in [-0.2, 0) is 11.3 Å². The molecule has 86 valence electrons. The van der Waals surface area contributed by atoms with Gasteiger partial charge in [-0.25, -0.2) is 0 Å². The average molecular weight is 219 g/mol. The van der Waals surface area contributed by atoms with Crippen LogP contribution in [0.4, 0.5) is 0 Å². The van der Waals surface area contributed by atoms with Crippen LogP contribution in [0.5, 0.6) is 0 Å². The van der Waals surface area contributed by atoms with Crippen LogP contribution in [0.25, 0.3) is 0 Å². The highest BCUT2D eigenvalue weighted by Crippen LogP contribution is 2.14. The first-order valence-corrected chi connectivity index (χ1v) is 5.64. The lowest BCUT2D eigenvalue weighted by atomic mass is 10.2. The van der Waals surface area contributed by atoms with Crippen LogP contribution >= 0.6 is 0 Å². The second-order valence-electron chi connectivity index (χ2n) is 4.22. The molecule has 16 heavy (non-hydrogen) atoms. The first-order chi connectivity index (χ1) is 7.77. The molecular weight excluding hydrogens is 202 g/mol. The lowest BCUT2D eigenvalue weighted by Crippen LogP contribution is -2.41. The van der Waals surface area contributed by atoms with Gasteiger partial charge in [-0.15, -0.1) is 0 Å². The highest BCUT2D eigenvalue weighted by atomic mass is 16.2. The minimum atomic E-state index is 0.0525. The normalized spacial score (nSPS) is 20.9. The minimum Gasteiger partial charge on any atom is -0.351 e. The van der Waals surface area contributed by atoms with Crippen LogP contribution < -0.4 is 5.32 Å². The summed E-state index contributed by atoms with van der Waals surface area (Å²) in [7, 11) is 2.00. The van der Waals surface area contributed by atoms with E-state index in [0.717, 1.165) is 24.9 Å². The van der Waals surface area contributed by atoms with Crippen LogP contribution in [0.15, 0.2) is 24.5 Å². The second-order valence-corrected chi connectivity index (χ2v) is 4.22. The predicted octanol–water partition coefficient (Wildman–Crippen LogP) is 0.792. The largest absolute Gasteiger partial charge is 0.351 e. The summed E-state index contributed by atoms with van der Waals surface area (Å²) in [5.41, 5.74) is 1.04. The molecule has 1 aromatic rings. The van der Waals surface area contributed by atoms with Crippen molar-refractivity contribution in [1.82, 2.24) is 15.2 Å². The molecule has 2 rings (SSSR count). The number of amides is 1. The van der Waals surface area contributed by atoms with Crippen LogP contribution in [-0.4, -0.2) is 35.4 Å². The van der Waals surface area contributed by atoms with Gasteiger partial charge in [-0.2, -0.15) is 0 Å². The van der Waals surface area contributed by atoms with Gasteiger partial charge in [0.1, 0.15) is 0 Å². The van der Waals surface area contributed by atoms with E-state index in [9.17, 15) is 4.79 Å². The third kappa shape index (κ3) is 2.58. The maximum absolute atomic E-state index is 11.9. The Morgan fingerprint density at radius 1 is 1.69 bits per heavy atom. The van der Waals surface area contributed by atoms with Gasteiger partial charge in [0.15, 0.2) is 0 Å². The fourth-order valence-electron chi connectivity index (χ4n) is 2.05. The first kappa shape index (κ1) is 11.1. The molecule has 0 bridgehead atoms. The van der Waals surface area contributed by atoms with Crippen LogP contribution in [0.1, 0.15) is 18.4 Å². The SMILES string of the molecule is CN1CCCC1C(=O)NCc1cccnc1. The number of likely N-dealkylation sites (tertiary alicyclic amines) is 1. The number of rotatable bonds is 3. The maximum Gasteiger partial charge on any atom is 0.237 e. The Hall–Kier alpha value is -1.42. The maximum atomic E-state index is 11.9. The smallest absolute Gasteiger partial charge is 0.237 e. The number of nitrogens with zero attached hydrogens (tertiary/aromatic N) is 2. The standard InChI is InChI=1S/C12H17N3O/c1-15-7-3-5-11(15)12(16)14-9-10-4-2-6-13-8-10/h2,4,6,8,11H,3,5,7,9H2,1H3,(H,14,16). The summed E-state index contributed by atoms with van der Waals surface area (Å²) in [4.78, 5) is 18.0. The zero-order valence-corrected chi connectivity index (χ0v) is 9.52. The van der Waals surface area contributed by atoms with Gasteiger partial charge in [0.2, 0.25) is 5.91 Å². The lowest BCUT2D eigenvalue weighted by molar-refractivity contribution is -0.125. The van der Waals surface area contributed by atoms with Crippen molar-refractivity contribution in [2.24, 2.45) is 0 Å². The third-order valence-electron chi connectivity index (χ3n) is 3.01. The zero-order valence-electron chi connectivity index (χ0n) is 9.52. The number of hydrogen-bond acceptors (Lipinski definition) is 3. The molecule has 1 atom stereocenters. The van der Waals surface area contributed by atoms with Crippen molar-refractivity contribution < 1.29 is 4.79 Å². The Morgan fingerprint density at radius 3 is 3.19 bits per heavy atom. The van der Waals surface area contributed by atoms with Crippen molar-refractivity contribution in [3.63, 3.8) is 0 Å². The Balaban J connectivity index is 1.84. The van der Waals surface area contributed by atoms with Crippen molar-refractivity contribution in [3.05, 3.63) is 30.1 Å². The van der Waals surface area contributed by atoms with Crippen LogP contribution in [0.3, 0.4) is 0 Å². The van der Waals surface area contributed by atoms with Gasteiger partial charge < -0.3 is 5.32 Å². The minimum absolute atomic E-state index is 0.0525. The number of nitrogens with one attached hydrogen (secondary N) is 1. The molecule has 1 aromatic heterocycles. The molecule has 0 aromatic carbocycles. The fourth-order valence-corrected chi connectivity index (χ4v) is 2.05. The molecule has 1 aliphatic rings. The molecule has 0 aliphatic carbocycles. The van der Waals surface area contributed by atoms with Crippen molar-refractivity contribution in [2.45, 2.75) is 25.4 Å². The Labute approximate surface area is 95.7 Å². The molecule has 1 aliphatic heterocycles. The van der Waals surface area contributed by atoms with Crippen LogP contribution in [0.2, 0.25) is 0 Å². The van der Waals surface area contributed by atoms with Gasteiger partial charge in [0.25, 0.3) is 0 Å². The van der Waals surface area contributed by atoms with Gasteiger partial charge in [-0.3, -0.25) is 14.7 Å². The fraction of sp³-hybridized carbons (Fsp3) is 0.500. The van der Waals surface area contributed by atoms with Gasteiger partial charge in [-0.05, 0) is 38.1 Å². The number of carbonyl (C=O) groups excluding carboxylic acids is 1. The third-order valence-corrected chi connectivity index (χ3v) is 3.01. The topological polar surface area (TPSA) is 45.2 Å². The molecule has 0 spiro atoms. The van der Waals surface area contributed by atoms with Crippen LogP contribution in [0, 0.1) is 0 Å². The Morgan fingerprint density at radius 2 is 2.56 bits per heavy atom. The summed E-state index contributed by atoms with van der Waals surface area (Å²) in [6, 6.07) is 3.89. The van der Waals surface area contributed by atoms with Gasteiger partial charge >= 0.3 is 0 Å². The van der Waals surface area contributed by atoms with E-state index in [0.29, 0.717) is 6.54 Å². The quantitative estimate of drug-likeness (QED) is 0.817. The second kappa shape index (κ2) is 5.07. The van der Waals surface area contributed by atoms with Gasteiger partial charge in [0.05, 0.1) is 6.04 Å². The van der Waals surface area contributed by atoms with E-state index >= 15 is 0 Å². The molecule has 1 amide bonds. The molecule has 0 saturated carbocycles. The average Bonchev–Trinajstić information content (AvgIpc) is 2.74. The molecule has 0 radical (unpaired) electrons. The van der Waals surface area contributed by atoms with Crippen molar-refractivity contribution in [2.75, 3.05) is 13.6 Å². The van der Waals surface area contributed by atoms with Crippen molar-refractivity contribution in [1.29, 1.82) is 0 Å². The van der Waals surface area contributed by atoms with E-state index in [-0.39, 0.29) is 11.9 Å². The summed E-state index contributed by atoms with van der Waals surface area (Å²) in [5.74, 6) is 0.129. The number of carbonyl (C=O) groups is 1. The summed E-state index contributed by atoms with van der Waals surface area (Å²) in [6.45, 7) is 1.59. The van der Waals surface area contributed by atoms with Gasteiger partial charge in [0, 0.05) is 18.9 Å². The molecule has 2 heterocycles. The molecular formula is C12H17N3O. The van der Waals surface area contributed by atoms with E-state index in [1.807, 2.05) is 19.2 Å². The van der Waals surface area contributed by atoms with E-state index in [2.05, 4.69) is 15.2 Å². The van der Waals surface area contributed by atoms with E-state index in [4.69, 9.17) is 0 Å². The van der Waals surface area contributed by atoms with E-state index < -0.39 is 0 Å². The molecule has 1 saturated heterocycles. The highest BCUT2D eigenvalue weighted by Gasteiger charge is 2.27. The Kier molecular flexibility index (Phi) is 3.51. The summed E-state index contributed by atoms with van der Waals surface area (Å²) in [5, 5.41) is 2.95. The Bertz CT molecular complexity index is 353. The summed E-state index contributed by atoms with van der Waals surface area (Å²) >= 11 is 0. The highest BCUT2D eigenvalue weighted by molar-refractivity contribution is 5.81. The molecule has 1 N–H and O–H groups in total. The number of likely N-dealkylation sites (N-methyl/N-ethyl adjacent to an activating group) is 1. The monoisotopic (exact) mass is 219 g/mol. The number of pyridine rings is 1. The number of aromatic nitrogens is 1. The summed E-state index contributed by atoms with van der Waals surface area (Å²) in [6.07, 6.45) is 5.59. The first-order valence-electron chi connectivity index (χ1n) is 5.64. The number of hydrogen-bond donors (Lipinski definition) is 1. The predicted molar refractivity (Wildman–Crippen MR) is 61.7 cm³/mol. The lowest BCUT2D eigenvalue weighted by Gasteiger charge is -2.18. The van der Waals surface area contributed by atoms with E-state index in [1.54, 1.807) is 12.4 Å². The summed E-state index contributed by atoms with van der Waals surface area (Å²) < 4.78 is 0. The molecule has 1 fully saturated rings. The molecule has 4 nitrogen and oxygen atoms in total. The van der Waals surface area contributed by atoms with E-state index in [1.165, 1.54) is 0 Å². The molecule has 1 unspecified atom stereocenters.